The minimum Gasteiger partial charge on any atom is -0.744 e. The van der Waals surface area contributed by atoms with Crippen LogP contribution in [0.1, 0.15) is 25.3 Å². The van der Waals surface area contributed by atoms with Gasteiger partial charge in [-0.25, -0.2) is 8.42 Å². The summed E-state index contributed by atoms with van der Waals surface area (Å²) in [5.41, 5.74) is 0.657. The van der Waals surface area contributed by atoms with Crippen molar-refractivity contribution in [3.63, 3.8) is 0 Å². The van der Waals surface area contributed by atoms with E-state index in [1.54, 1.807) is 6.07 Å². The third-order valence-electron chi connectivity index (χ3n) is 3.05. The van der Waals surface area contributed by atoms with Crippen LogP contribution in [0.3, 0.4) is 0 Å². The standard InChI is InChI=1S/C14H16O3S.Na/c1-2-3-7-13-12-8-5-4-6-11(12)9-10-14(13)18(15,16)17;/h4-6,8-10H,2-3,7H2,1H3,(H,15,16,17);/q;+1/p-1. The molecule has 0 saturated carbocycles. The molecule has 2 rings (SSSR count). The van der Waals surface area contributed by atoms with Gasteiger partial charge in [-0.1, -0.05) is 43.7 Å². The van der Waals surface area contributed by atoms with Gasteiger partial charge in [-0.3, -0.25) is 0 Å². The van der Waals surface area contributed by atoms with E-state index in [2.05, 4.69) is 0 Å². The summed E-state index contributed by atoms with van der Waals surface area (Å²) in [4.78, 5) is -0.0744. The first kappa shape index (κ1) is 16.7. The Morgan fingerprint density at radius 3 is 2.42 bits per heavy atom. The Kier molecular flexibility index (Phi) is 6.02. The second-order valence-corrected chi connectivity index (χ2v) is 5.67. The quantitative estimate of drug-likeness (QED) is 0.591. The number of unbranched alkanes of at least 4 members (excludes halogenated alkanes) is 1. The van der Waals surface area contributed by atoms with Gasteiger partial charge < -0.3 is 4.55 Å². The van der Waals surface area contributed by atoms with Crippen molar-refractivity contribution >= 4 is 20.9 Å². The monoisotopic (exact) mass is 286 g/mol. The molecule has 3 nitrogen and oxygen atoms in total. The normalized spacial score (nSPS) is 11.3. The summed E-state index contributed by atoms with van der Waals surface area (Å²) in [5.74, 6) is 0. The van der Waals surface area contributed by atoms with Crippen LogP contribution in [-0.2, 0) is 16.5 Å². The first-order valence-corrected chi connectivity index (χ1v) is 7.41. The van der Waals surface area contributed by atoms with Gasteiger partial charge in [-0.05, 0) is 35.2 Å². The van der Waals surface area contributed by atoms with E-state index >= 15 is 0 Å². The Morgan fingerprint density at radius 1 is 1.11 bits per heavy atom. The van der Waals surface area contributed by atoms with Crippen molar-refractivity contribution in [2.75, 3.05) is 0 Å². The van der Waals surface area contributed by atoms with E-state index in [0.717, 1.165) is 23.6 Å². The van der Waals surface area contributed by atoms with Gasteiger partial charge >= 0.3 is 29.6 Å². The van der Waals surface area contributed by atoms with Crippen LogP contribution in [0.25, 0.3) is 10.8 Å². The van der Waals surface area contributed by atoms with Gasteiger partial charge in [0.15, 0.2) is 0 Å². The first-order chi connectivity index (χ1) is 8.54. The molecule has 0 amide bonds. The maximum Gasteiger partial charge on any atom is 1.00 e. The summed E-state index contributed by atoms with van der Waals surface area (Å²) in [6.45, 7) is 2.04. The molecule has 0 atom stereocenters. The van der Waals surface area contributed by atoms with E-state index in [1.165, 1.54) is 6.07 Å². The van der Waals surface area contributed by atoms with Crippen molar-refractivity contribution in [2.45, 2.75) is 31.1 Å². The Bertz CT molecular complexity index is 665. The zero-order valence-electron chi connectivity index (χ0n) is 11.2. The summed E-state index contributed by atoms with van der Waals surface area (Å²) in [6.07, 6.45) is 2.45. The van der Waals surface area contributed by atoms with Gasteiger partial charge in [0.25, 0.3) is 0 Å². The van der Waals surface area contributed by atoms with Crippen LogP contribution in [-0.4, -0.2) is 13.0 Å². The topological polar surface area (TPSA) is 57.2 Å². The van der Waals surface area contributed by atoms with E-state index in [4.69, 9.17) is 0 Å². The molecule has 2 aromatic carbocycles. The molecule has 0 aliphatic carbocycles. The fourth-order valence-electron chi connectivity index (χ4n) is 2.16. The molecule has 2 aromatic rings. The van der Waals surface area contributed by atoms with E-state index in [9.17, 15) is 13.0 Å². The molecule has 0 heterocycles. The number of hydrogen-bond donors (Lipinski definition) is 0. The molecule has 0 radical (unpaired) electrons. The molecule has 0 N–H and O–H groups in total. The molecule has 96 valence electrons. The van der Waals surface area contributed by atoms with Crippen molar-refractivity contribution < 1.29 is 42.5 Å². The smallest absolute Gasteiger partial charge is 0.744 e. The molecule has 0 fully saturated rings. The average Bonchev–Trinajstić information content (AvgIpc) is 2.34. The predicted molar refractivity (Wildman–Crippen MR) is 70.5 cm³/mol. The summed E-state index contributed by atoms with van der Waals surface area (Å²) < 4.78 is 33.9. The Hall–Kier alpha value is -0.390. The average molecular weight is 286 g/mol. The van der Waals surface area contributed by atoms with Crippen molar-refractivity contribution in [1.29, 1.82) is 0 Å². The summed E-state index contributed by atoms with van der Waals surface area (Å²) >= 11 is 0. The predicted octanol–water partition coefficient (Wildman–Crippen LogP) is 0.0905. The van der Waals surface area contributed by atoms with E-state index < -0.39 is 10.1 Å². The second kappa shape index (κ2) is 6.86. The number of fused-ring (bicyclic) bond motifs is 1. The van der Waals surface area contributed by atoms with Crippen LogP contribution in [0.5, 0.6) is 0 Å². The van der Waals surface area contributed by atoms with Crippen LogP contribution in [0.2, 0.25) is 0 Å². The van der Waals surface area contributed by atoms with E-state index in [-0.39, 0.29) is 34.5 Å². The van der Waals surface area contributed by atoms with Crippen LogP contribution >= 0.6 is 0 Å². The van der Waals surface area contributed by atoms with Gasteiger partial charge in [0.05, 0.1) is 4.90 Å². The molecule has 19 heavy (non-hydrogen) atoms. The molecule has 5 heteroatoms. The van der Waals surface area contributed by atoms with Crippen LogP contribution in [0.4, 0.5) is 0 Å². The molecule has 0 aliphatic rings. The molecule has 0 saturated heterocycles. The Labute approximate surface area is 136 Å². The third kappa shape index (κ3) is 3.80. The maximum atomic E-state index is 11.3. The molecular formula is C14H15NaO3S. The summed E-state index contributed by atoms with van der Waals surface area (Å²) in [6, 6.07) is 10.7. The van der Waals surface area contributed by atoms with Crippen molar-refractivity contribution in [2.24, 2.45) is 0 Å². The molecule has 0 unspecified atom stereocenters. The first-order valence-electron chi connectivity index (χ1n) is 6.00. The SMILES string of the molecule is CCCCc1c(S(=O)(=O)[O-])ccc2ccccc12.[Na+]. The fraction of sp³-hybridized carbons (Fsp3) is 0.286. The fourth-order valence-corrected chi connectivity index (χ4v) is 2.91. The second-order valence-electron chi connectivity index (χ2n) is 4.32. The molecule has 0 spiro atoms. The van der Waals surface area contributed by atoms with Gasteiger partial charge in [0, 0.05) is 0 Å². The van der Waals surface area contributed by atoms with Crippen molar-refractivity contribution in [3.05, 3.63) is 42.0 Å². The maximum absolute atomic E-state index is 11.3. The van der Waals surface area contributed by atoms with E-state index in [1.807, 2.05) is 31.2 Å². The largest absolute Gasteiger partial charge is 1.00 e. The van der Waals surface area contributed by atoms with Gasteiger partial charge in [-0.15, -0.1) is 0 Å². The number of rotatable bonds is 4. The Morgan fingerprint density at radius 2 is 1.79 bits per heavy atom. The number of hydrogen-bond acceptors (Lipinski definition) is 3. The molecule has 0 aromatic heterocycles. The van der Waals surface area contributed by atoms with E-state index in [0.29, 0.717) is 12.0 Å². The summed E-state index contributed by atoms with van der Waals surface area (Å²) in [7, 11) is -4.41. The summed E-state index contributed by atoms with van der Waals surface area (Å²) in [5, 5.41) is 1.83. The van der Waals surface area contributed by atoms with Crippen LogP contribution in [0.15, 0.2) is 41.3 Å². The zero-order valence-corrected chi connectivity index (χ0v) is 14.0. The third-order valence-corrected chi connectivity index (χ3v) is 3.97. The van der Waals surface area contributed by atoms with Gasteiger partial charge in [0.1, 0.15) is 10.1 Å². The molecular weight excluding hydrogens is 271 g/mol. The van der Waals surface area contributed by atoms with Gasteiger partial charge in [0.2, 0.25) is 0 Å². The van der Waals surface area contributed by atoms with Crippen molar-refractivity contribution in [1.82, 2.24) is 0 Å². The van der Waals surface area contributed by atoms with Gasteiger partial charge in [-0.2, -0.15) is 0 Å². The van der Waals surface area contributed by atoms with Crippen LogP contribution in [0, 0.1) is 0 Å². The number of aryl methyl sites for hydroxylation is 1. The molecule has 0 bridgehead atoms. The zero-order chi connectivity index (χ0) is 13.2. The van der Waals surface area contributed by atoms with Crippen molar-refractivity contribution in [3.8, 4) is 0 Å². The van der Waals surface area contributed by atoms with Crippen LogP contribution < -0.4 is 29.6 Å². The molecule has 0 aliphatic heterocycles. The number of benzene rings is 2. The minimum atomic E-state index is -4.41. The Balaban J connectivity index is 0.00000180. The minimum absolute atomic E-state index is 0.